The van der Waals surface area contributed by atoms with E-state index in [2.05, 4.69) is 29.4 Å². The van der Waals surface area contributed by atoms with Crippen LogP contribution in [-0.4, -0.2) is 62.7 Å². The van der Waals surface area contributed by atoms with Gasteiger partial charge in [0.15, 0.2) is 0 Å². The Bertz CT molecular complexity index is 475. The fraction of sp³-hybridized carbons (Fsp3) is 0.895. The quantitative estimate of drug-likeness (QED) is 0.679. The minimum atomic E-state index is -0.498. The zero-order valence-corrected chi connectivity index (χ0v) is 16.3. The van der Waals surface area contributed by atoms with Crippen molar-refractivity contribution in [2.45, 2.75) is 47.0 Å². The van der Waals surface area contributed by atoms with Crippen LogP contribution in [0.25, 0.3) is 0 Å². The summed E-state index contributed by atoms with van der Waals surface area (Å²) in [6, 6.07) is 0. The Morgan fingerprint density at radius 1 is 1.16 bits per heavy atom. The van der Waals surface area contributed by atoms with Gasteiger partial charge in [0.05, 0.1) is 18.6 Å². The van der Waals surface area contributed by atoms with Crippen molar-refractivity contribution < 1.29 is 14.3 Å². The smallest absolute Gasteiger partial charge is 0.226 e. The molecule has 2 amide bonds. The van der Waals surface area contributed by atoms with Crippen LogP contribution < -0.4 is 10.6 Å². The maximum atomic E-state index is 12.9. The summed E-state index contributed by atoms with van der Waals surface area (Å²) in [5.74, 6) is 0.0687. The van der Waals surface area contributed by atoms with Crippen molar-refractivity contribution in [3.05, 3.63) is 0 Å². The highest BCUT2D eigenvalue weighted by atomic mass is 16.5. The van der Waals surface area contributed by atoms with Gasteiger partial charge in [0, 0.05) is 32.1 Å². The fourth-order valence-corrected chi connectivity index (χ4v) is 4.19. The Kier molecular flexibility index (Phi) is 6.86. The SMILES string of the molecule is CCNC(=O)[C@H]1CC[C@@](C)(C(=O)NCCCN2CCOCC2)C1(C)C. The van der Waals surface area contributed by atoms with Crippen molar-refractivity contribution in [1.29, 1.82) is 0 Å². The van der Waals surface area contributed by atoms with Gasteiger partial charge in [0.2, 0.25) is 11.8 Å². The van der Waals surface area contributed by atoms with E-state index in [1.54, 1.807) is 0 Å². The van der Waals surface area contributed by atoms with E-state index in [9.17, 15) is 9.59 Å². The number of morpholine rings is 1. The Labute approximate surface area is 152 Å². The second-order valence-electron chi connectivity index (χ2n) is 8.10. The van der Waals surface area contributed by atoms with Crippen LogP contribution in [0.15, 0.2) is 0 Å². The molecule has 0 spiro atoms. The van der Waals surface area contributed by atoms with Gasteiger partial charge in [-0.15, -0.1) is 0 Å². The van der Waals surface area contributed by atoms with E-state index < -0.39 is 5.41 Å². The zero-order valence-electron chi connectivity index (χ0n) is 16.3. The highest BCUT2D eigenvalue weighted by Crippen LogP contribution is 2.56. The van der Waals surface area contributed by atoms with Crippen LogP contribution in [0, 0.1) is 16.7 Å². The molecule has 2 fully saturated rings. The maximum Gasteiger partial charge on any atom is 0.226 e. The summed E-state index contributed by atoms with van der Waals surface area (Å²) in [4.78, 5) is 27.6. The second kappa shape index (κ2) is 8.49. The molecule has 0 bridgehead atoms. The Balaban J connectivity index is 1.84. The van der Waals surface area contributed by atoms with E-state index in [0.717, 1.165) is 52.1 Å². The first-order valence-electron chi connectivity index (χ1n) is 9.69. The van der Waals surface area contributed by atoms with Gasteiger partial charge in [0.25, 0.3) is 0 Å². The molecule has 0 unspecified atom stereocenters. The molecular formula is C19H35N3O3. The van der Waals surface area contributed by atoms with E-state index in [4.69, 9.17) is 4.74 Å². The Morgan fingerprint density at radius 2 is 1.84 bits per heavy atom. The zero-order chi connectivity index (χ0) is 18.5. The Hall–Kier alpha value is -1.14. The number of nitrogens with one attached hydrogen (secondary N) is 2. The first kappa shape index (κ1) is 20.2. The van der Waals surface area contributed by atoms with Gasteiger partial charge in [-0.1, -0.05) is 20.8 Å². The second-order valence-corrected chi connectivity index (χ2v) is 8.10. The molecule has 2 rings (SSSR count). The number of carbonyl (C=O) groups is 2. The largest absolute Gasteiger partial charge is 0.379 e. The lowest BCUT2D eigenvalue weighted by atomic mass is 9.65. The maximum absolute atomic E-state index is 12.9. The lowest BCUT2D eigenvalue weighted by Crippen LogP contribution is -2.49. The molecular weight excluding hydrogens is 318 g/mol. The first-order valence-corrected chi connectivity index (χ1v) is 9.69. The monoisotopic (exact) mass is 353 g/mol. The van der Waals surface area contributed by atoms with Crippen LogP contribution in [0.4, 0.5) is 0 Å². The van der Waals surface area contributed by atoms with Gasteiger partial charge < -0.3 is 15.4 Å². The molecule has 2 N–H and O–H groups in total. The molecule has 1 heterocycles. The average molecular weight is 354 g/mol. The van der Waals surface area contributed by atoms with Gasteiger partial charge >= 0.3 is 0 Å². The van der Waals surface area contributed by atoms with Crippen LogP contribution in [0.3, 0.4) is 0 Å². The molecule has 1 saturated heterocycles. The summed E-state index contributed by atoms with van der Waals surface area (Å²) in [6.45, 7) is 14.0. The van der Waals surface area contributed by atoms with E-state index in [0.29, 0.717) is 13.1 Å². The van der Waals surface area contributed by atoms with Crippen LogP contribution in [0.5, 0.6) is 0 Å². The number of rotatable bonds is 7. The van der Waals surface area contributed by atoms with Gasteiger partial charge in [-0.2, -0.15) is 0 Å². The topological polar surface area (TPSA) is 70.7 Å². The summed E-state index contributed by atoms with van der Waals surface area (Å²) in [7, 11) is 0. The van der Waals surface area contributed by atoms with Crippen molar-refractivity contribution in [2.24, 2.45) is 16.7 Å². The first-order chi connectivity index (χ1) is 11.8. The van der Waals surface area contributed by atoms with E-state index in [-0.39, 0.29) is 23.1 Å². The van der Waals surface area contributed by atoms with Crippen LogP contribution in [0.2, 0.25) is 0 Å². The third-order valence-electron chi connectivity index (χ3n) is 6.44. The molecule has 6 nitrogen and oxygen atoms in total. The molecule has 0 aromatic rings. The predicted molar refractivity (Wildman–Crippen MR) is 98.2 cm³/mol. The number of carbonyl (C=O) groups excluding carboxylic acids is 2. The lowest BCUT2D eigenvalue weighted by molar-refractivity contribution is -0.138. The number of hydrogen-bond donors (Lipinski definition) is 2. The highest BCUT2D eigenvalue weighted by Gasteiger charge is 2.57. The van der Waals surface area contributed by atoms with Crippen LogP contribution in [-0.2, 0) is 14.3 Å². The van der Waals surface area contributed by atoms with Crippen molar-refractivity contribution in [3.8, 4) is 0 Å². The van der Waals surface area contributed by atoms with E-state index >= 15 is 0 Å². The van der Waals surface area contributed by atoms with Crippen molar-refractivity contribution in [2.75, 3.05) is 45.9 Å². The normalized spacial score (nSPS) is 29.4. The van der Waals surface area contributed by atoms with Gasteiger partial charge in [-0.05, 0) is 38.1 Å². The number of amides is 2. The molecule has 2 aliphatic rings. The molecule has 1 aliphatic carbocycles. The van der Waals surface area contributed by atoms with Crippen LogP contribution in [0.1, 0.15) is 47.0 Å². The summed E-state index contributed by atoms with van der Waals surface area (Å²) in [6.07, 6.45) is 2.48. The van der Waals surface area contributed by atoms with Gasteiger partial charge in [-0.25, -0.2) is 0 Å². The molecule has 144 valence electrons. The third kappa shape index (κ3) is 4.34. The molecule has 2 atom stereocenters. The minimum Gasteiger partial charge on any atom is -0.379 e. The van der Waals surface area contributed by atoms with Crippen molar-refractivity contribution >= 4 is 11.8 Å². The third-order valence-corrected chi connectivity index (χ3v) is 6.44. The highest BCUT2D eigenvalue weighted by molar-refractivity contribution is 5.87. The molecule has 25 heavy (non-hydrogen) atoms. The standard InChI is InChI=1S/C19H35N3O3/c1-5-20-16(23)15-7-8-19(4,18(15,2)3)17(24)21-9-6-10-22-11-13-25-14-12-22/h15H,5-14H2,1-4H3,(H,20,23)(H,21,24)/t15-,19+/m1/s1. The molecule has 0 aromatic heterocycles. The molecule has 6 heteroatoms. The lowest BCUT2D eigenvalue weighted by Gasteiger charge is -2.40. The molecule has 0 radical (unpaired) electrons. The summed E-state index contributed by atoms with van der Waals surface area (Å²) in [5.41, 5.74) is -0.845. The van der Waals surface area contributed by atoms with Gasteiger partial charge in [-0.3, -0.25) is 14.5 Å². The van der Waals surface area contributed by atoms with Gasteiger partial charge in [0.1, 0.15) is 0 Å². The van der Waals surface area contributed by atoms with Crippen molar-refractivity contribution in [1.82, 2.24) is 15.5 Å². The van der Waals surface area contributed by atoms with Crippen LogP contribution >= 0.6 is 0 Å². The van der Waals surface area contributed by atoms with E-state index in [1.165, 1.54) is 0 Å². The molecule has 1 aliphatic heterocycles. The molecule has 0 aromatic carbocycles. The number of ether oxygens (including phenoxy) is 1. The summed E-state index contributed by atoms with van der Waals surface area (Å²) < 4.78 is 5.35. The average Bonchev–Trinajstić information content (AvgIpc) is 2.83. The summed E-state index contributed by atoms with van der Waals surface area (Å²) in [5, 5.41) is 6.05. The number of hydrogen-bond acceptors (Lipinski definition) is 4. The summed E-state index contributed by atoms with van der Waals surface area (Å²) >= 11 is 0. The van der Waals surface area contributed by atoms with Crippen molar-refractivity contribution in [3.63, 3.8) is 0 Å². The predicted octanol–water partition coefficient (Wildman–Crippen LogP) is 1.40. The minimum absolute atomic E-state index is 0.0799. The Morgan fingerprint density at radius 3 is 2.48 bits per heavy atom. The fourth-order valence-electron chi connectivity index (χ4n) is 4.19. The number of nitrogens with zero attached hydrogens (tertiary/aromatic N) is 1. The van der Waals surface area contributed by atoms with E-state index in [1.807, 2.05) is 13.8 Å². The molecule has 1 saturated carbocycles.